The van der Waals surface area contributed by atoms with Gasteiger partial charge in [-0.25, -0.2) is 0 Å². The van der Waals surface area contributed by atoms with Gasteiger partial charge in [0.1, 0.15) is 11.4 Å². The van der Waals surface area contributed by atoms with Gasteiger partial charge in [0.15, 0.2) is 23.9 Å². The molecule has 4 N–H and O–H groups in total. The third-order valence-electron chi connectivity index (χ3n) is 11.0. The van der Waals surface area contributed by atoms with Gasteiger partial charge >= 0.3 is 5.97 Å². The first-order valence-electron chi connectivity index (χ1n) is 15.2. The molecule has 0 heterocycles. The van der Waals surface area contributed by atoms with E-state index < -0.39 is 29.4 Å². The van der Waals surface area contributed by atoms with E-state index >= 15 is 0 Å². The van der Waals surface area contributed by atoms with Crippen LogP contribution in [0.4, 0.5) is 0 Å². The van der Waals surface area contributed by atoms with Crippen LogP contribution in [0.25, 0.3) is 0 Å². The van der Waals surface area contributed by atoms with Gasteiger partial charge in [-0.3, -0.25) is 24.0 Å². The van der Waals surface area contributed by atoms with Gasteiger partial charge < -0.3 is 25.4 Å². The Kier molecular flexibility index (Phi) is 8.28. The lowest BCUT2D eigenvalue weighted by atomic mass is 9.46. The van der Waals surface area contributed by atoms with Gasteiger partial charge in [-0.2, -0.15) is 0 Å². The summed E-state index contributed by atoms with van der Waals surface area (Å²) in [5.41, 5.74) is -1.35. The first kappa shape index (κ1) is 30.9. The van der Waals surface area contributed by atoms with Gasteiger partial charge in [-0.05, 0) is 79.5 Å². The number of ether oxygens (including phenoxy) is 1. The molecule has 0 aromatic heterocycles. The number of allylic oxidation sites excluding steroid dienone is 1. The van der Waals surface area contributed by atoms with Crippen LogP contribution in [0.5, 0.6) is 11.5 Å². The number of carbonyl (C=O) groups excluding carboxylic acids is 5. The number of phenols is 2. The Morgan fingerprint density at radius 1 is 1.02 bits per heavy atom. The second-order valence-corrected chi connectivity index (χ2v) is 13.3. The van der Waals surface area contributed by atoms with Crippen molar-refractivity contribution in [3.63, 3.8) is 0 Å². The van der Waals surface area contributed by atoms with Crippen molar-refractivity contribution in [1.29, 1.82) is 0 Å². The monoisotopic (exact) mass is 595 g/mol. The van der Waals surface area contributed by atoms with E-state index in [0.717, 1.165) is 18.4 Å². The second kappa shape index (κ2) is 11.5. The Morgan fingerprint density at radius 2 is 1.79 bits per heavy atom. The number of esters is 1. The summed E-state index contributed by atoms with van der Waals surface area (Å²) in [4.78, 5) is 63.7. The molecule has 0 unspecified atom stereocenters. The minimum Gasteiger partial charge on any atom is -0.504 e. The van der Waals surface area contributed by atoms with E-state index in [-0.39, 0.29) is 84.4 Å². The summed E-state index contributed by atoms with van der Waals surface area (Å²) < 4.78 is 5.18. The van der Waals surface area contributed by atoms with Crippen LogP contribution in [-0.4, -0.2) is 63.3 Å². The summed E-state index contributed by atoms with van der Waals surface area (Å²) in [5.74, 6) is -2.31. The number of phenolic OH excluding ortho intramolecular Hbond substituents is 2. The maximum Gasteiger partial charge on any atom is 0.306 e. The smallest absolute Gasteiger partial charge is 0.306 e. The van der Waals surface area contributed by atoms with Crippen molar-refractivity contribution in [3.8, 4) is 11.5 Å². The fraction of sp³-hybridized carbons (Fsp3) is 0.606. The van der Waals surface area contributed by atoms with Crippen molar-refractivity contribution in [2.45, 2.75) is 83.7 Å². The molecule has 1 amide bonds. The van der Waals surface area contributed by atoms with Crippen LogP contribution in [-0.2, 0) is 35.1 Å². The highest BCUT2D eigenvalue weighted by Crippen LogP contribution is 2.66. The quantitative estimate of drug-likeness (QED) is 0.248. The molecule has 0 spiro atoms. The van der Waals surface area contributed by atoms with Crippen LogP contribution in [0.2, 0.25) is 0 Å². The normalized spacial score (nSPS) is 33.1. The molecule has 0 radical (unpaired) electrons. The number of rotatable bonds is 9. The minimum atomic E-state index is -1.79. The number of aliphatic hydroxyl groups is 1. The Morgan fingerprint density at radius 3 is 2.53 bits per heavy atom. The van der Waals surface area contributed by atoms with Gasteiger partial charge in [-0.1, -0.05) is 25.5 Å². The number of fused-ring (bicyclic) bond motifs is 5. The van der Waals surface area contributed by atoms with Crippen molar-refractivity contribution in [2.24, 2.45) is 28.6 Å². The second-order valence-electron chi connectivity index (χ2n) is 13.3. The number of carbonyl (C=O) groups is 5. The lowest BCUT2D eigenvalue weighted by Crippen LogP contribution is -2.61. The Bertz CT molecular complexity index is 1380. The van der Waals surface area contributed by atoms with Gasteiger partial charge in [0, 0.05) is 37.1 Å². The maximum atomic E-state index is 13.7. The van der Waals surface area contributed by atoms with Crippen LogP contribution in [0, 0.1) is 28.6 Å². The highest BCUT2D eigenvalue weighted by molar-refractivity contribution is 5.95. The van der Waals surface area contributed by atoms with Crippen LogP contribution in [0.15, 0.2) is 29.8 Å². The van der Waals surface area contributed by atoms with Crippen LogP contribution in [0.3, 0.4) is 0 Å². The lowest BCUT2D eigenvalue weighted by Gasteiger charge is -2.57. The number of amides is 1. The molecule has 1 aromatic rings. The van der Waals surface area contributed by atoms with Gasteiger partial charge in [0.2, 0.25) is 11.7 Å². The molecule has 3 fully saturated rings. The van der Waals surface area contributed by atoms with E-state index in [9.17, 15) is 39.3 Å². The highest BCUT2D eigenvalue weighted by atomic mass is 16.5. The molecule has 5 rings (SSSR count). The zero-order chi connectivity index (χ0) is 31.2. The molecule has 4 aliphatic rings. The number of ketones is 3. The van der Waals surface area contributed by atoms with Gasteiger partial charge in [0.05, 0.1) is 6.42 Å². The van der Waals surface area contributed by atoms with E-state index in [2.05, 4.69) is 12.2 Å². The SMILES string of the molecule is C[C@]12CCC(=O)C=C1CC[C@@H]1[C@@H]2C(=O)C[C@@]2(C)[C@H]1CC[C@]2(O)C(=O)COC(=O)CCC(=O)NCCc1ccc(O)c(O)c1. The topological polar surface area (TPSA) is 167 Å². The average molecular weight is 596 g/mol. The predicted octanol–water partition coefficient (Wildman–Crippen LogP) is 3.09. The molecular weight excluding hydrogens is 554 g/mol. The van der Waals surface area contributed by atoms with Crippen molar-refractivity contribution in [3.05, 3.63) is 35.4 Å². The van der Waals surface area contributed by atoms with Crippen molar-refractivity contribution in [1.82, 2.24) is 5.32 Å². The third kappa shape index (κ3) is 5.50. The van der Waals surface area contributed by atoms with Crippen molar-refractivity contribution >= 4 is 29.2 Å². The fourth-order valence-corrected chi connectivity index (χ4v) is 8.56. The van der Waals surface area contributed by atoms with Gasteiger partial charge in [0.25, 0.3) is 0 Å². The number of hydrogen-bond acceptors (Lipinski definition) is 9. The molecule has 0 aliphatic heterocycles. The molecule has 3 saturated carbocycles. The Hall–Kier alpha value is -3.53. The molecule has 43 heavy (non-hydrogen) atoms. The van der Waals surface area contributed by atoms with E-state index in [1.807, 2.05) is 6.92 Å². The molecule has 0 bridgehead atoms. The predicted molar refractivity (Wildman–Crippen MR) is 154 cm³/mol. The number of hydrogen-bond donors (Lipinski definition) is 4. The lowest BCUT2D eigenvalue weighted by molar-refractivity contribution is -0.173. The highest BCUT2D eigenvalue weighted by Gasteiger charge is 2.68. The fourth-order valence-electron chi connectivity index (χ4n) is 8.56. The van der Waals surface area contributed by atoms with Crippen molar-refractivity contribution < 1.29 is 44.0 Å². The van der Waals surface area contributed by atoms with E-state index in [1.165, 1.54) is 12.1 Å². The van der Waals surface area contributed by atoms with E-state index in [4.69, 9.17) is 4.74 Å². The average Bonchev–Trinajstić information content (AvgIpc) is 3.23. The standard InChI is InChI=1S/C33H41NO9/c1-31-12-9-21(35)16-20(31)4-5-22-23-10-13-33(42,32(23,2)17-26(38)30(22)31)27(39)18-43-29(41)8-7-28(40)34-14-11-19-3-6-24(36)25(37)15-19/h3,6,15-16,22-23,30,36-37,42H,4-5,7-14,17-18H2,1-2H3,(H,34,40)/t22-,23-,30+,31-,32-,33-/m0/s1. The maximum absolute atomic E-state index is 13.7. The molecule has 4 aliphatic carbocycles. The van der Waals surface area contributed by atoms with Crippen molar-refractivity contribution in [2.75, 3.05) is 13.2 Å². The minimum absolute atomic E-state index is 0.0178. The Labute approximate surface area is 250 Å². The number of benzene rings is 1. The molecule has 0 saturated heterocycles. The summed E-state index contributed by atoms with van der Waals surface area (Å²) >= 11 is 0. The van der Waals surface area contributed by atoms with Crippen LogP contribution < -0.4 is 5.32 Å². The van der Waals surface area contributed by atoms with Crippen LogP contribution in [0.1, 0.15) is 77.2 Å². The van der Waals surface area contributed by atoms with Gasteiger partial charge in [-0.15, -0.1) is 0 Å². The largest absolute Gasteiger partial charge is 0.504 e. The van der Waals surface area contributed by atoms with E-state index in [0.29, 0.717) is 31.2 Å². The molecule has 232 valence electrons. The molecule has 10 heteroatoms. The summed E-state index contributed by atoms with van der Waals surface area (Å²) in [6.45, 7) is 3.55. The third-order valence-corrected chi connectivity index (χ3v) is 11.0. The molecule has 1 aromatic carbocycles. The summed E-state index contributed by atoms with van der Waals surface area (Å²) in [7, 11) is 0. The molecule has 10 nitrogen and oxygen atoms in total. The summed E-state index contributed by atoms with van der Waals surface area (Å²) in [6.07, 6.45) is 5.18. The first-order valence-corrected chi connectivity index (χ1v) is 15.2. The number of nitrogens with one attached hydrogen (secondary N) is 1. The van der Waals surface area contributed by atoms with E-state index in [1.54, 1.807) is 12.1 Å². The first-order chi connectivity index (χ1) is 20.3. The number of aromatic hydroxyl groups is 2. The summed E-state index contributed by atoms with van der Waals surface area (Å²) in [5, 5.41) is 33.4. The Balaban J connectivity index is 1.13. The summed E-state index contributed by atoms with van der Waals surface area (Å²) in [6, 6.07) is 4.39. The zero-order valence-corrected chi connectivity index (χ0v) is 24.8. The molecule has 6 atom stereocenters. The zero-order valence-electron chi connectivity index (χ0n) is 24.8. The molecular formula is C33H41NO9. The van der Waals surface area contributed by atoms with Crippen LogP contribution >= 0.6 is 0 Å². The number of Topliss-reactive ketones (excluding diaryl/α,β-unsaturated/α-hetero) is 2.